The zero-order valence-electron chi connectivity index (χ0n) is 14.7. The lowest BCUT2D eigenvalue weighted by atomic mass is 10.2. The van der Waals surface area contributed by atoms with E-state index >= 15 is 0 Å². The highest BCUT2D eigenvalue weighted by Crippen LogP contribution is 2.31. The van der Waals surface area contributed by atoms with Crippen LogP contribution in [0.5, 0.6) is 5.75 Å². The predicted molar refractivity (Wildman–Crippen MR) is 92.9 cm³/mol. The van der Waals surface area contributed by atoms with Gasteiger partial charge < -0.3 is 9.47 Å². The minimum Gasteiger partial charge on any atom is -0.482 e. The van der Waals surface area contributed by atoms with E-state index in [1.807, 2.05) is 0 Å². The minimum atomic E-state index is -4.51. The second-order valence-electron chi connectivity index (χ2n) is 5.95. The number of aryl methyl sites for hydroxylation is 1. The minimum absolute atomic E-state index is 0.107. The normalized spacial score (nSPS) is 11.4. The van der Waals surface area contributed by atoms with E-state index in [4.69, 9.17) is 9.47 Å². The molecule has 0 amide bonds. The topological polar surface area (TPSA) is 69.9 Å². The number of nitrogens with zero attached hydrogens (tertiary/aromatic N) is 2. The maximum absolute atomic E-state index is 12.7. The maximum Gasteiger partial charge on any atom is 0.416 e. The third kappa shape index (κ3) is 4.48. The number of hydrogen-bond donors (Lipinski definition) is 0. The number of aromatic nitrogens is 2. The summed E-state index contributed by atoms with van der Waals surface area (Å²) in [5, 5.41) is 0. The summed E-state index contributed by atoms with van der Waals surface area (Å²) in [4.78, 5) is 28.2. The number of carbonyl (C=O) groups is 1. The molecule has 3 aromatic rings. The van der Waals surface area contributed by atoms with Crippen LogP contribution in [0.15, 0.2) is 53.5 Å². The van der Waals surface area contributed by atoms with E-state index < -0.39 is 24.3 Å². The third-order valence-electron chi connectivity index (χ3n) is 3.84. The number of esters is 1. The van der Waals surface area contributed by atoms with Crippen molar-refractivity contribution < 1.29 is 27.4 Å². The quantitative estimate of drug-likeness (QED) is 0.624. The van der Waals surface area contributed by atoms with Crippen LogP contribution in [0, 0.1) is 6.92 Å². The van der Waals surface area contributed by atoms with Gasteiger partial charge in [0.15, 0.2) is 6.61 Å². The molecule has 0 aliphatic rings. The zero-order chi connectivity index (χ0) is 20.3. The van der Waals surface area contributed by atoms with Gasteiger partial charge in [-0.15, -0.1) is 0 Å². The molecule has 6 nitrogen and oxygen atoms in total. The monoisotopic (exact) mass is 392 g/mol. The van der Waals surface area contributed by atoms with Gasteiger partial charge in [0, 0.05) is 12.3 Å². The Bertz CT molecular complexity index is 1080. The second-order valence-corrected chi connectivity index (χ2v) is 5.95. The summed E-state index contributed by atoms with van der Waals surface area (Å²) in [6.45, 7) is 0.957. The lowest BCUT2D eigenvalue weighted by Crippen LogP contribution is -2.19. The van der Waals surface area contributed by atoms with Crippen molar-refractivity contribution in [2.24, 2.45) is 0 Å². The van der Waals surface area contributed by atoms with Crippen molar-refractivity contribution in [2.75, 3.05) is 6.61 Å². The fraction of sp³-hybridized carbons (Fsp3) is 0.211. The number of carbonyl (C=O) groups excluding carboxylic acids is 1. The number of benzene rings is 1. The summed E-state index contributed by atoms with van der Waals surface area (Å²) >= 11 is 0. The molecule has 0 saturated heterocycles. The van der Waals surface area contributed by atoms with Crippen LogP contribution in [-0.4, -0.2) is 22.0 Å². The fourth-order valence-corrected chi connectivity index (χ4v) is 2.48. The number of ether oxygens (including phenoxy) is 2. The summed E-state index contributed by atoms with van der Waals surface area (Å²) in [7, 11) is 0. The van der Waals surface area contributed by atoms with Gasteiger partial charge >= 0.3 is 12.1 Å². The molecule has 0 fully saturated rings. The van der Waals surface area contributed by atoms with E-state index in [9.17, 15) is 22.8 Å². The first-order valence-electron chi connectivity index (χ1n) is 8.17. The smallest absolute Gasteiger partial charge is 0.416 e. The summed E-state index contributed by atoms with van der Waals surface area (Å²) in [6, 6.07) is 8.93. The Balaban J connectivity index is 1.61. The summed E-state index contributed by atoms with van der Waals surface area (Å²) in [5.74, 6) is -0.909. The van der Waals surface area contributed by atoms with Gasteiger partial charge in [-0.3, -0.25) is 9.20 Å². The van der Waals surface area contributed by atoms with Crippen molar-refractivity contribution in [2.45, 2.75) is 19.7 Å². The largest absolute Gasteiger partial charge is 0.482 e. The molecule has 2 heterocycles. The number of hydrogen-bond acceptors (Lipinski definition) is 5. The summed E-state index contributed by atoms with van der Waals surface area (Å²) < 4.78 is 49.4. The van der Waals surface area contributed by atoms with Gasteiger partial charge in [-0.1, -0.05) is 12.1 Å². The molecular weight excluding hydrogens is 377 g/mol. The van der Waals surface area contributed by atoms with Gasteiger partial charge in [0.25, 0.3) is 5.56 Å². The molecule has 0 spiro atoms. The van der Waals surface area contributed by atoms with Crippen LogP contribution in [0.4, 0.5) is 13.2 Å². The highest BCUT2D eigenvalue weighted by atomic mass is 19.4. The maximum atomic E-state index is 12.7. The number of alkyl halides is 3. The summed E-state index contributed by atoms with van der Waals surface area (Å²) in [6.07, 6.45) is -2.93. The van der Waals surface area contributed by atoms with Crippen molar-refractivity contribution in [3.63, 3.8) is 0 Å². The van der Waals surface area contributed by atoms with Crippen molar-refractivity contribution in [3.8, 4) is 5.75 Å². The van der Waals surface area contributed by atoms with Crippen LogP contribution in [-0.2, 0) is 22.3 Å². The molecule has 0 atom stereocenters. The van der Waals surface area contributed by atoms with Gasteiger partial charge in [-0.05, 0) is 36.8 Å². The van der Waals surface area contributed by atoms with Gasteiger partial charge in [-0.25, -0.2) is 9.78 Å². The molecule has 146 valence electrons. The SMILES string of the molecule is Cc1cccn2c(=O)cc(COC(=O)COc3cccc(C(F)(F)F)c3)nc12. The van der Waals surface area contributed by atoms with Crippen molar-refractivity contribution in [3.05, 3.63) is 75.8 Å². The molecule has 28 heavy (non-hydrogen) atoms. The van der Waals surface area contributed by atoms with E-state index in [0.717, 1.165) is 17.7 Å². The first-order valence-corrected chi connectivity index (χ1v) is 8.17. The highest BCUT2D eigenvalue weighted by Gasteiger charge is 2.30. The lowest BCUT2D eigenvalue weighted by Gasteiger charge is -2.10. The van der Waals surface area contributed by atoms with Gasteiger partial charge in [0.1, 0.15) is 18.0 Å². The number of halogens is 3. The third-order valence-corrected chi connectivity index (χ3v) is 3.84. The van der Waals surface area contributed by atoms with E-state index in [1.54, 1.807) is 25.3 Å². The van der Waals surface area contributed by atoms with Crippen molar-refractivity contribution in [1.29, 1.82) is 0 Å². The van der Waals surface area contributed by atoms with E-state index in [2.05, 4.69) is 4.98 Å². The lowest BCUT2D eigenvalue weighted by molar-refractivity contribution is -0.147. The first-order chi connectivity index (χ1) is 13.2. The molecular formula is C19H15F3N2O4. The van der Waals surface area contributed by atoms with Gasteiger partial charge in [-0.2, -0.15) is 13.2 Å². The Labute approximate surface area is 157 Å². The molecule has 0 radical (unpaired) electrons. The van der Waals surface area contributed by atoms with Crippen molar-refractivity contribution >= 4 is 11.6 Å². The predicted octanol–water partition coefficient (Wildman–Crippen LogP) is 3.14. The van der Waals surface area contributed by atoms with Crippen LogP contribution in [0.2, 0.25) is 0 Å². The van der Waals surface area contributed by atoms with Crippen LogP contribution >= 0.6 is 0 Å². The molecule has 9 heteroatoms. The number of rotatable bonds is 5. The Hall–Kier alpha value is -3.36. The Morgan fingerprint density at radius 2 is 1.96 bits per heavy atom. The van der Waals surface area contributed by atoms with E-state index in [1.165, 1.54) is 22.6 Å². The fourth-order valence-electron chi connectivity index (χ4n) is 2.48. The number of pyridine rings is 1. The molecule has 2 aromatic heterocycles. The molecule has 0 saturated carbocycles. The molecule has 3 rings (SSSR count). The molecule has 1 aromatic carbocycles. The van der Waals surface area contributed by atoms with Crippen molar-refractivity contribution in [1.82, 2.24) is 9.38 Å². The average Bonchev–Trinajstić information content (AvgIpc) is 2.65. The van der Waals surface area contributed by atoms with E-state index in [-0.39, 0.29) is 23.6 Å². The second kappa shape index (κ2) is 7.71. The van der Waals surface area contributed by atoms with Gasteiger partial charge in [0.05, 0.1) is 11.3 Å². The molecule has 0 unspecified atom stereocenters. The van der Waals surface area contributed by atoms with Gasteiger partial charge in [0.2, 0.25) is 0 Å². The zero-order valence-corrected chi connectivity index (χ0v) is 14.7. The first kappa shape index (κ1) is 19.4. The standard InChI is InChI=1S/C19H15F3N2O4/c1-12-4-3-7-24-16(25)9-14(23-18(12)24)10-28-17(26)11-27-15-6-2-5-13(8-15)19(20,21)22/h2-9H,10-11H2,1H3. The Morgan fingerprint density at radius 1 is 1.18 bits per heavy atom. The molecule has 0 bridgehead atoms. The Kier molecular flexibility index (Phi) is 5.34. The van der Waals surface area contributed by atoms with E-state index in [0.29, 0.717) is 5.65 Å². The average molecular weight is 392 g/mol. The molecule has 0 N–H and O–H groups in total. The molecule has 0 aliphatic carbocycles. The Morgan fingerprint density at radius 3 is 2.71 bits per heavy atom. The summed E-state index contributed by atoms with van der Waals surface area (Å²) in [5.41, 5.74) is 0.281. The highest BCUT2D eigenvalue weighted by molar-refractivity contribution is 5.71. The van der Waals surface area contributed by atoms with Crippen LogP contribution in [0.1, 0.15) is 16.8 Å². The van der Waals surface area contributed by atoms with Crippen LogP contribution in [0.25, 0.3) is 5.65 Å². The number of fused-ring (bicyclic) bond motifs is 1. The van der Waals surface area contributed by atoms with Crippen LogP contribution in [0.3, 0.4) is 0 Å². The molecule has 0 aliphatic heterocycles. The van der Waals surface area contributed by atoms with Crippen LogP contribution < -0.4 is 10.3 Å².